The molecule has 0 bridgehead atoms. The minimum absolute atomic E-state index is 0.932. The first-order valence-electron chi connectivity index (χ1n) is 6.73. The zero-order valence-corrected chi connectivity index (χ0v) is 10.9. The number of H-pyrrole nitrogens is 1. The lowest BCUT2D eigenvalue weighted by Gasteiger charge is -2.06. The fourth-order valence-corrected chi connectivity index (χ4v) is 2.41. The third-order valence-corrected chi connectivity index (χ3v) is 3.42. The average molecular weight is 250 g/mol. The lowest BCUT2D eigenvalue weighted by Crippen LogP contribution is -2.16. The minimum Gasteiger partial charge on any atom is -0.361 e. The summed E-state index contributed by atoms with van der Waals surface area (Å²) in [6.45, 7) is 1.93. The van der Waals surface area contributed by atoms with Gasteiger partial charge in [0.15, 0.2) is 0 Å². The summed E-state index contributed by atoms with van der Waals surface area (Å²) in [5.41, 5.74) is 3.98. The molecule has 1 aromatic heterocycles. The molecular weight excluding hydrogens is 232 g/mol. The van der Waals surface area contributed by atoms with Crippen LogP contribution >= 0.6 is 0 Å². The van der Waals surface area contributed by atoms with Crippen LogP contribution in [0.5, 0.6) is 0 Å². The normalized spacial score (nSPS) is 10.9. The van der Waals surface area contributed by atoms with Gasteiger partial charge in [0.05, 0.1) is 0 Å². The van der Waals surface area contributed by atoms with Gasteiger partial charge in [-0.15, -0.1) is 0 Å². The highest BCUT2D eigenvalue weighted by atomic mass is 14.8. The number of nitrogens with one attached hydrogen (secondary N) is 2. The molecule has 0 spiro atoms. The van der Waals surface area contributed by atoms with Crippen molar-refractivity contribution in [3.05, 3.63) is 71.9 Å². The Labute approximate surface area is 113 Å². The fraction of sp³-hybridized carbons (Fsp3) is 0.176. The van der Waals surface area contributed by atoms with E-state index in [1.807, 2.05) is 6.20 Å². The highest BCUT2D eigenvalue weighted by Crippen LogP contribution is 2.16. The molecule has 2 nitrogen and oxygen atoms in total. The summed E-state index contributed by atoms with van der Waals surface area (Å²) in [7, 11) is 0. The van der Waals surface area contributed by atoms with E-state index in [1.165, 1.54) is 22.0 Å². The first-order chi connectivity index (χ1) is 9.43. The molecule has 0 fully saturated rings. The third-order valence-electron chi connectivity index (χ3n) is 3.42. The van der Waals surface area contributed by atoms with Crippen LogP contribution < -0.4 is 5.32 Å². The standard InChI is InChI=1S/C17H18N2/c1-2-5-14(6-3-1)13-18-11-9-15-7-4-8-16-10-12-19-17(15)16/h1-8,10,12,18-19H,9,11,13H2. The summed E-state index contributed by atoms with van der Waals surface area (Å²) in [5.74, 6) is 0. The van der Waals surface area contributed by atoms with Gasteiger partial charge in [-0.25, -0.2) is 0 Å². The quantitative estimate of drug-likeness (QED) is 0.666. The average Bonchev–Trinajstić information content (AvgIpc) is 2.94. The number of rotatable bonds is 5. The SMILES string of the molecule is c1ccc(CNCCc2cccc3cc[nH]c23)cc1. The van der Waals surface area contributed by atoms with Gasteiger partial charge >= 0.3 is 0 Å². The van der Waals surface area contributed by atoms with Crippen LogP contribution in [0, 0.1) is 0 Å². The second-order valence-corrected chi connectivity index (χ2v) is 4.77. The van der Waals surface area contributed by atoms with Crippen LogP contribution in [0.4, 0.5) is 0 Å². The molecule has 0 aliphatic rings. The summed E-state index contributed by atoms with van der Waals surface area (Å²) < 4.78 is 0. The van der Waals surface area contributed by atoms with E-state index in [-0.39, 0.29) is 0 Å². The van der Waals surface area contributed by atoms with Gasteiger partial charge in [-0.05, 0) is 35.5 Å². The Morgan fingerprint density at radius 1 is 0.895 bits per heavy atom. The molecule has 3 aromatic rings. The van der Waals surface area contributed by atoms with Crippen molar-refractivity contribution in [2.75, 3.05) is 6.54 Å². The predicted molar refractivity (Wildman–Crippen MR) is 80.2 cm³/mol. The van der Waals surface area contributed by atoms with Crippen molar-refractivity contribution in [1.82, 2.24) is 10.3 Å². The summed E-state index contributed by atoms with van der Waals surface area (Å²) in [4.78, 5) is 3.32. The van der Waals surface area contributed by atoms with Crippen LogP contribution in [0.15, 0.2) is 60.8 Å². The van der Waals surface area contributed by atoms with Crippen molar-refractivity contribution in [2.24, 2.45) is 0 Å². The van der Waals surface area contributed by atoms with Crippen LogP contribution in [0.25, 0.3) is 10.9 Å². The molecule has 19 heavy (non-hydrogen) atoms. The molecule has 0 atom stereocenters. The molecule has 96 valence electrons. The molecule has 0 unspecified atom stereocenters. The van der Waals surface area contributed by atoms with Crippen LogP contribution in [-0.4, -0.2) is 11.5 Å². The maximum atomic E-state index is 3.49. The molecule has 0 saturated carbocycles. The van der Waals surface area contributed by atoms with Crippen molar-refractivity contribution in [2.45, 2.75) is 13.0 Å². The van der Waals surface area contributed by atoms with E-state index in [0.29, 0.717) is 0 Å². The fourth-order valence-electron chi connectivity index (χ4n) is 2.41. The summed E-state index contributed by atoms with van der Waals surface area (Å²) in [6, 6.07) is 19.1. The number of aromatic nitrogens is 1. The Kier molecular flexibility index (Phi) is 3.61. The van der Waals surface area contributed by atoms with Gasteiger partial charge in [-0.2, -0.15) is 0 Å². The van der Waals surface area contributed by atoms with Crippen LogP contribution in [0.2, 0.25) is 0 Å². The monoisotopic (exact) mass is 250 g/mol. The molecule has 0 saturated heterocycles. The Bertz CT molecular complexity index is 640. The Morgan fingerprint density at radius 3 is 2.68 bits per heavy atom. The number of aromatic amines is 1. The molecule has 2 aromatic carbocycles. The number of fused-ring (bicyclic) bond motifs is 1. The van der Waals surface area contributed by atoms with Gasteiger partial charge in [0.2, 0.25) is 0 Å². The highest BCUT2D eigenvalue weighted by Gasteiger charge is 2.01. The lowest BCUT2D eigenvalue weighted by molar-refractivity contribution is 0.688. The predicted octanol–water partition coefficient (Wildman–Crippen LogP) is 3.50. The maximum absolute atomic E-state index is 3.49. The molecule has 0 aliphatic carbocycles. The smallest absolute Gasteiger partial charge is 0.0486 e. The molecule has 1 heterocycles. The lowest BCUT2D eigenvalue weighted by atomic mass is 10.1. The number of hydrogen-bond acceptors (Lipinski definition) is 1. The highest BCUT2D eigenvalue weighted by molar-refractivity contribution is 5.82. The summed E-state index contributed by atoms with van der Waals surface area (Å²) >= 11 is 0. The topological polar surface area (TPSA) is 27.8 Å². The van der Waals surface area contributed by atoms with E-state index in [1.54, 1.807) is 0 Å². The largest absolute Gasteiger partial charge is 0.361 e. The molecule has 0 radical (unpaired) electrons. The van der Waals surface area contributed by atoms with Gasteiger partial charge in [0, 0.05) is 18.3 Å². The maximum Gasteiger partial charge on any atom is 0.0486 e. The van der Waals surface area contributed by atoms with Gasteiger partial charge in [0.1, 0.15) is 0 Å². The Morgan fingerprint density at radius 2 is 1.79 bits per heavy atom. The number of benzene rings is 2. The first-order valence-corrected chi connectivity index (χ1v) is 6.73. The van der Waals surface area contributed by atoms with Crippen molar-refractivity contribution in [1.29, 1.82) is 0 Å². The zero-order valence-electron chi connectivity index (χ0n) is 10.9. The number of hydrogen-bond donors (Lipinski definition) is 2. The van der Waals surface area contributed by atoms with Crippen molar-refractivity contribution < 1.29 is 0 Å². The van der Waals surface area contributed by atoms with Crippen molar-refractivity contribution in [3.63, 3.8) is 0 Å². The van der Waals surface area contributed by atoms with Crippen LogP contribution in [0.3, 0.4) is 0 Å². The zero-order chi connectivity index (χ0) is 12.9. The van der Waals surface area contributed by atoms with E-state index in [4.69, 9.17) is 0 Å². The van der Waals surface area contributed by atoms with Crippen LogP contribution in [-0.2, 0) is 13.0 Å². The Hall–Kier alpha value is -2.06. The molecule has 0 aliphatic heterocycles. The van der Waals surface area contributed by atoms with E-state index >= 15 is 0 Å². The summed E-state index contributed by atoms with van der Waals surface area (Å²) in [6.07, 6.45) is 3.05. The first kappa shape index (κ1) is 12.0. The second kappa shape index (κ2) is 5.72. The van der Waals surface area contributed by atoms with Crippen molar-refractivity contribution in [3.8, 4) is 0 Å². The van der Waals surface area contributed by atoms with E-state index in [0.717, 1.165) is 19.5 Å². The van der Waals surface area contributed by atoms with Gasteiger partial charge in [-0.1, -0.05) is 48.5 Å². The van der Waals surface area contributed by atoms with Crippen molar-refractivity contribution >= 4 is 10.9 Å². The molecule has 3 rings (SSSR count). The van der Waals surface area contributed by atoms with E-state index in [2.05, 4.69) is 64.9 Å². The molecule has 0 amide bonds. The van der Waals surface area contributed by atoms with Gasteiger partial charge in [-0.3, -0.25) is 0 Å². The third kappa shape index (κ3) is 2.85. The summed E-state index contributed by atoms with van der Waals surface area (Å²) in [5, 5.41) is 4.79. The molecule has 2 N–H and O–H groups in total. The minimum atomic E-state index is 0.932. The van der Waals surface area contributed by atoms with Gasteiger partial charge in [0.25, 0.3) is 0 Å². The molecular formula is C17H18N2. The second-order valence-electron chi connectivity index (χ2n) is 4.77. The number of para-hydroxylation sites is 1. The van der Waals surface area contributed by atoms with Crippen LogP contribution in [0.1, 0.15) is 11.1 Å². The van der Waals surface area contributed by atoms with E-state index in [9.17, 15) is 0 Å². The Balaban J connectivity index is 1.57. The molecule has 2 heteroatoms. The van der Waals surface area contributed by atoms with Gasteiger partial charge < -0.3 is 10.3 Å². The van der Waals surface area contributed by atoms with E-state index < -0.39 is 0 Å².